The Kier molecular flexibility index (Phi) is 6.82. The van der Waals surface area contributed by atoms with Crippen molar-refractivity contribution in [3.63, 3.8) is 0 Å². The normalized spacial score (nSPS) is 23.6. The first-order valence-corrected chi connectivity index (χ1v) is 7.68. The summed E-state index contributed by atoms with van der Waals surface area (Å²) in [5.74, 6) is 0.773. The molecule has 0 bridgehead atoms. The van der Waals surface area contributed by atoms with Gasteiger partial charge in [0.25, 0.3) is 0 Å². The molecule has 5 heteroatoms. The molecule has 0 aromatic rings. The predicted octanol–water partition coefficient (Wildman–Crippen LogP) is 2.56. The molecule has 0 radical (unpaired) electrons. The van der Waals surface area contributed by atoms with Gasteiger partial charge in [-0.2, -0.15) is 0 Å². The topological polar surface area (TPSA) is 69.6 Å². The van der Waals surface area contributed by atoms with E-state index in [2.05, 4.69) is 26.1 Å². The van der Waals surface area contributed by atoms with Crippen LogP contribution in [-0.2, 0) is 4.79 Å². The van der Waals surface area contributed by atoms with E-state index in [1.54, 1.807) is 0 Å². The Labute approximate surface area is 121 Å². The summed E-state index contributed by atoms with van der Waals surface area (Å²) in [6.45, 7) is 8.73. The molecule has 2 N–H and O–H groups in total. The highest BCUT2D eigenvalue weighted by Gasteiger charge is 2.29. The Bertz CT molecular complexity index is 323. The second-order valence-electron chi connectivity index (χ2n) is 6.09. The van der Waals surface area contributed by atoms with Gasteiger partial charge in [0.05, 0.1) is 0 Å². The largest absolute Gasteiger partial charge is 0.481 e. The van der Waals surface area contributed by atoms with E-state index in [1.165, 1.54) is 0 Å². The highest BCUT2D eigenvalue weighted by Crippen LogP contribution is 2.22. The van der Waals surface area contributed by atoms with Crippen LogP contribution >= 0.6 is 0 Å². The Balaban J connectivity index is 2.22. The Morgan fingerprint density at radius 3 is 2.35 bits per heavy atom. The molecule has 116 valence electrons. The minimum absolute atomic E-state index is 0.0225. The van der Waals surface area contributed by atoms with Crippen LogP contribution in [-0.4, -0.2) is 41.6 Å². The van der Waals surface area contributed by atoms with Gasteiger partial charge in [0.15, 0.2) is 0 Å². The van der Waals surface area contributed by atoms with Gasteiger partial charge in [-0.15, -0.1) is 0 Å². The van der Waals surface area contributed by atoms with Crippen molar-refractivity contribution in [3.8, 4) is 0 Å². The maximum Gasteiger partial charge on any atom is 0.317 e. The number of hydrogen-bond acceptors (Lipinski definition) is 2. The molecule has 0 aromatic carbocycles. The number of rotatable bonds is 7. The standard InChI is InChI=1S/C15H28N2O3/c1-4-13(5-6-14(18)19)7-8-16-15(20)17-9-11(2)12(3)10-17/h11-13H,4-10H2,1-3H3,(H,16,20)(H,18,19). The fourth-order valence-electron chi connectivity index (χ4n) is 2.67. The second-order valence-corrected chi connectivity index (χ2v) is 6.09. The average Bonchev–Trinajstić information content (AvgIpc) is 2.73. The van der Waals surface area contributed by atoms with Crippen molar-refractivity contribution in [2.75, 3.05) is 19.6 Å². The van der Waals surface area contributed by atoms with Gasteiger partial charge >= 0.3 is 12.0 Å². The first kappa shape index (κ1) is 16.8. The minimum atomic E-state index is -0.743. The van der Waals surface area contributed by atoms with Gasteiger partial charge in [-0.3, -0.25) is 4.79 Å². The maximum atomic E-state index is 12.0. The van der Waals surface area contributed by atoms with Crippen LogP contribution in [0.15, 0.2) is 0 Å². The molecule has 1 aliphatic rings. The van der Waals surface area contributed by atoms with Crippen LogP contribution in [0.1, 0.15) is 46.5 Å². The van der Waals surface area contributed by atoms with Crippen molar-refractivity contribution in [2.24, 2.45) is 17.8 Å². The van der Waals surface area contributed by atoms with Crippen LogP contribution in [0.3, 0.4) is 0 Å². The lowest BCUT2D eigenvalue weighted by molar-refractivity contribution is -0.137. The van der Waals surface area contributed by atoms with Crippen molar-refractivity contribution < 1.29 is 14.7 Å². The number of hydrogen-bond donors (Lipinski definition) is 2. The van der Waals surface area contributed by atoms with Crippen molar-refractivity contribution in [1.29, 1.82) is 0 Å². The predicted molar refractivity (Wildman–Crippen MR) is 78.6 cm³/mol. The van der Waals surface area contributed by atoms with Gasteiger partial charge in [0, 0.05) is 26.1 Å². The summed E-state index contributed by atoms with van der Waals surface area (Å²) >= 11 is 0. The number of urea groups is 1. The van der Waals surface area contributed by atoms with Gasteiger partial charge in [0.1, 0.15) is 0 Å². The molecule has 0 aromatic heterocycles. The summed E-state index contributed by atoms with van der Waals surface area (Å²) in [6, 6.07) is 0.0225. The molecule has 1 aliphatic heterocycles. The van der Waals surface area contributed by atoms with E-state index in [0.29, 0.717) is 30.7 Å². The highest BCUT2D eigenvalue weighted by molar-refractivity contribution is 5.74. The van der Waals surface area contributed by atoms with Crippen molar-refractivity contribution in [2.45, 2.75) is 46.5 Å². The van der Waals surface area contributed by atoms with Gasteiger partial charge in [-0.05, 0) is 30.6 Å². The van der Waals surface area contributed by atoms with Gasteiger partial charge in [-0.25, -0.2) is 4.79 Å². The van der Waals surface area contributed by atoms with Gasteiger partial charge < -0.3 is 15.3 Å². The lowest BCUT2D eigenvalue weighted by Crippen LogP contribution is -2.39. The first-order valence-electron chi connectivity index (χ1n) is 7.68. The van der Waals surface area contributed by atoms with E-state index < -0.39 is 5.97 Å². The maximum absolute atomic E-state index is 12.0. The molecule has 0 saturated carbocycles. The number of carboxylic acids is 1. The fourth-order valence-corrected chi connectivity index (χ4v) is 2.67. The highest BCUT2D eigenvalue weighted by atomic mass is 16.4. The van der Waals surface area contributed by atoms with E-state index in [0.717, 1.165) is 25.9 Å². The summed E-state index contributed by atoms with van der Waals surface area (Å²) in [6.07, 6.45) is 2.72. The Hall–Kier alpha value is -1.26. The lowest BCUT2D eigenvalue weighted by Gasteiger charge is -2.19. The molecular formula is C15H28N2O3. The number of likely N-dealkylation sites (tertiary alicyclic amines) is 1. The van der Waals surface area contributed by atoms with Crippen molar-refractivity contribution >= 4 is 12.0 Å². The summed E-state index contributed by atoms with van der Waals surface area (Å²) < 4.78 is 0. The second kappa shape index (κ2) is 8.12. The first-order chi connectivity index (χ1) is 9.43. The van der Waals surface area contributed by atoms with Crippen LogP contribution in [0, 0.1) is 17.8 Å². The number of aliphatic carboxylic acids is 1. The van der Waals surface area contributed by atoms with E-state index in [4.69, 9.17) is 5.11 Å². The number of amides is 2. The Morgan fingerprint density at radius 2 is 1.85 bits per heavy atom. The third kappa shape index (κ3) is 5.39. The smallest absolute Gasteiger partial charge is 0.317 e. The summed E-state index contributed by atoms with van der Waals surface area (Å²) in [5, 5.41) is 11.6. The molecule has 1 heterocycles. The van der Waals surface area contributed by atoms with E-state index >= 15 is 0 Å². The monoisotopic (exact) mass is 284 g/mol. The summed E-state index contributed by atoms with van der Waals surface area (Å²) in [5.41, 5.74) is 0. The SMILES string of the molecule is CCC(CCNC(=O)N1CC(C)C(C)C1)CCC(=O)O. The molecule has 3 atom stereocenters. The van der Waals surface area contributed by atoms with Crippen LogP contribution in [0.4, 0.5) is 4.79 Å². The molecule has 3 unspecified atom stereocenters. The molecule has 2 amide bonds. The number of carboxylic acid groups (broad SMARTS) is 1. The molecule has 1 fully saturated rings. The lowest BCUT2D eigenvalue weighted by atomic mass is 9.97. The average molecular weight is 284 g/mol. The molecule has 0 aliphatic carbocycles. The zero-order chi connectivity index (χ0) is 15.1. The third-order valence-corrected chi connectivity index (χ3v) is 4.45. The number of carbonyl (C=O) groups excluding carboxylic acids is 1. The molecule has 1 saturated heterocycles. The molecule has 1 rings (SSSR count). The molecule has 20 heavy (non-hydrogen) atoms. The third-order valence-electron chi connectivity index (χ3n) is 4.45. The zero-order valence-electron chi connectivity index (χ0n) is 12.9. The number of nitrogens with zero attached hydrogens (tertiary/aromatic N) is 1. The number of carbonyl (C=O) groups is 2. The summed E-state index contributed by atoms with van der Waals surface area (Å²) in [4.78, 5) is 24.4. The summed E-state index contributed by atoms with van der Waals surface area (Å²) in [7, 11) is 0. The zero-order valence-corrected chi connectivity index (χ0v) is 12.9. The van der Waals surface area contributed by atoms with Crippen LogP contribution in [0.25, 0.3) is 0 Å². The van der Waals surface area contributed by atoms with Crippen molar-refractivity contribution in [1.82, 2.24) is 10.2 Å². The van der Waals surface area contributed by atoms with Crippen LogP contribution < -0.4 is 5.32 Å². The van der Waals surface area contributed by atoms with E-state index in [9.17, 15) is 9.59 Å². The molecular weight excluding hydrogens is 256 g/mol. The fraction of sp³-hybridized carbons (Fsp3) is 0.867. The molecule has 0 spiro atoms. The van der Waals surface area contributed by atoms with E-state index in [-0.39, 0.29) is 12.5 Å². The number of nitrogens with one attached hydrogen (secondary N) is 1. The van der Waals surface area contributed by atoms with Crippen LogP contribution in [0.5, 0.6) is 0 Å². The minimum Gasteiger partial charge on any atom is -0.481 e. The van der Waals surface area contributed by atoms with Crippen LogP contribution in [0.2, 0.25) is 0 Å². The van der Waals surface area contributed by atoms with Crippen molar-refractivity contribution in [3.05, 3.63) is 0 Å². The van der Waals surface area contributed by atoms with Gasteiger partial charge in [-0.1, -0.05) is 27.2 Å². The Morgan fingerprint density at radius 1 is 1.25 bits per heavy atom. The molecule has 5 nitrogen and oxygen atoms in total. The quantitative estimate of drug-likeness (QED) is 0.755. The van der Waals surface area contributed by atoms with E-state index in [1.807, 2.05) is 4.90 Å². The van der Waals surface area contributed by atoms with Gasteiger partial charge in [0.2, 0.25) is 0 Å².